The molecule has 0 aliphatic heterocycles. The van der Waals surface area contributed by atoms with E-state index >= 15 is 0 Å². The van der Waals surface area contributed by atoms with Crippen molar-refractivity contribution in [1.29, 1.82) is 0 Å². The van der Waals surface area contributed by atoms with Gasteiger partial charge in [-0.15, -0.1) is 0 Å². The molecule has 100 valence electrons. The van der Waals surface area contributed by atoms with Gasteiger partial charge in [0.15, 0.2) is 5.50 Å². The van der Waals surface area contributed by atoms with Gasteiger partial charge in [0.05, 0.1) is 0 Å². The first kappa shape index (κ1) is 16.0. The average Bonchev–Trinajstić information content (AvgIpc) is 2.25. The highest BCUT2D eigenvalue weighted by Gasteiger charge is 2.36. The Kier molecular flexibility index (Phi) is 5.68. The van der Waals surface area contributed by atoms with Crippen LogP contribution in [0.2, 0.25) is 5.02 Å². The maximum Gasteiger partial charge on any atom is 0.322 e. The Labute approximate surface area is 130 Å². The molecule has 1 aromatic carbocycles. The van der Waals surface area contributed by atoms with E-state index < -0.39 is 15.3 Å². The van der Waals surface area contributed by atoms with Crippen molar-refractivity contribution in [2.45, 2.75) is 9.29 Å². The number of carbonyl (C=O) groups excluding carboxylic acids is 1. The molecule has 0 aromatic heterocycles. The molecule has 0 aliphatic rings. The predicted octanol–water partition coefficient (Wildman–Crippen LogP) is 4.74. The van der Waals surface area contributed by atoms with Crippen molar-refractivity contribution >= 4 is 69.7 Å². The van der Waals surface area contributed by atoms with Crippen LogP contribution in [-0.4, -0.2) is 27.3 Å². The number of nitrogens with one attached hydrogen (secondary N) is 1. The van der Waals surface area contributed by atoms with Crippen LogP contribution >= 0.6 is 58.0 Å². The number of alkyl halides is 4. The molecule has 0 fully saturated rings. The smallest absolute Gasteiger partial charge is 0.308 e. The number of hydrogen-bond acceptors (Lipinski definition) is 1. The Bertz CT molecular complexity index is 435. The summed E-state index contributed by atoms with van der Waals surface area (Å²) in [6.45, 7) is 0. The molecule has 18 heavy (non-hydrogen) atoms. The Morgan fingerprint density at radius 3 is 2.50 bits per heavy atom. The number of amides is 2. The summed E-state index contributed by atoms with van der Waals surface area (Å²) >= 11 is 28.5. The summed E-state index contributed by atoms with van der Waals surface area (Å²) in [7, 11) is 1.42. The van der Waals surface area contributed by atoms with E-state index in [9.17, 15) is 4.79 Å². The number of halogens is 5. The van der Waals surface area contributed by atoms with Gasteiger partial charge in [0.1, 0.15) is 0 Å². The fraction of sp³-hybridized carbons (Fsp3) is 0.300. The molecule has 1 aromatic rings. The maximum atomic E-state index is 11.8. The number of rotatable bonds is 2. The molecule has 0 radical (unpaired) electrons. The minimum Gasteiger partial charge on any atom is -0.308 e. The van der Waals surface area contributed by atoms with Gasteiger partial charge in [-0.1, -0.05) is 64.1 Å². The SMILES string of the molecule is CN(C(=O)Nc1cccc(Cl)c1)C(Cl)C(Cl)(Cl)Cl. The minimum absolute atomic E-state index is 0.499. The number of hydrogen-bond donors (Lipinski definition) is 1. The molecule has 1 rings (SSSR count). The van der Waals surface area contributed by atoms with Gasteiger partial charge in [-0.3, -0.25) is 0 Å². The second kappa shape index (κ2) is 6.40. The van der Waals surface area contributed by atoms with Gasteiger partial charge < -0.3 is 10.2 Å². The molecular formula is C10H9Cl5N2O. The molecule has 1 N–H and O–H groups in total. The number of anilines is 1. The van der Waals surface area contributed by atoms with E-state index in [4.69, 9.17) is 58.0 Å². The Balaban J connectivity index is 2.71. The third-order valence-corrected chi connectivity index (χ3v) is 3.82. The number of benzene rings is 1. The van der Waals surface area contributed by atoms with E-state index in [1.807, 2.05) is 0 Å². The molecule has 2 amide bonds. The first-order chi connectivity index (χ1) is 8.21. The maximum absolute atomic E-state index is 11.8. The van der Waals surface area contributed by atoms with Gasteiger partial charge in [0.2, 0.25) is 3.79 Å². The van der Waals surface area contributed by atoms with Crippen molar-refractivity contribution in [1.82, 2.24) is 4.90 Å². The van der Waals surface area contributed by atoms with Crippen LogP contribution in [0, 0.1) is 0 Å². The standard InChI is InChI=1S/C10H9Cl5N2O/c1-17(8(12)10(13,14)15)9(18)16-7-4-2-3-6(11)5-7/h2-5,8H,1H3,(H,16,18). The van der Waals surface area contributed by atoms with Crippen molar-refractivity contribution in [3.05, 3.63) is 29.3 Å². The van der Waals surface area contributed by atoms with Crippen LogP contribution in [0.25, 0.3) is 0 Å². The first-order valence-electron chi connectivity index (χ1n) is 4.72. The third kappa shape index (κ3) is 4.56. The molecule has 0 heterocycles. The van der Waals surface area contributed by atoms with Gasteiger partial charge in [-0.2, -0.15) is 0 Å². The molecule has 8 heteroatoms. The van der Waals surface area contributed by atoms with E-state index in [1.165, 1.54) is 7.05 Å². The summed E-state index contributed by atoms with van der Waals surface area (Å²) in [5.74, 6) is 0. The van der Waals surface area contributed by atoms with E-state index in [-0.39, 0.29) is 0 Å². The van der Waals surface area contributed by atoms with Crippen LogP contribution in [0.4, 0.5) is 10.5 Å². The Hall–Kier alpha value is -0.0600. The summed E-state index contributed by atoms with van der Waals surface area (Å²) in [5, 5.41) is 3.08. The van der Waals surface area contributed by atoms with Gasteiger partial charge in [-0.25, -0.2) is 4.79 Å². The zero-order chi connectivity index (χ0) is 13.9. The van der Waals surface area contributed by atoms with Crippen LogP contribution in [0.15, 0.2) is 24.3 Å². The van der Waals surface area contributed by atoms with Crippen LogP contribution in [0.5, 0.6) is 0 Å². The highest BCUT2D eigenvalue weighted by atomic mass is 35.6. The number of carbonyl (C=O) groups is 1. The molecular weight excluding hydrogens is 341 g/mol. The lowest BCUT2D eigenvalue weighted by molar-refractivity contribution is 0.218. The fourth-order valence-electron chi connectivity index (χ4n) is 1.10. The zero-order valence-electron chi connectivity index (χ0n) is 9.13. The van der Waals surface area contributed by atoms with Crippen molar-refractivity contribution < 1.29 is 4.79 Å². The Morgan fingerprint density at radius 1 is 1.39 bits per heavy atom. The summed E-state index contributed by atoms with van der Waals surface area (Å²) in [6, 6.07) is 6.14. The lowest BCUT2D eigenvalue weighted by atomic mass is 10.3. The Morgan fingerprint density at radius 2 is 2.00 bits per heavy atom. The van der Waals surface area contributed by atoms with E-state index in [0.717, 1.165) is 4.90 Å². The number of urea groups is 1. The lowest BCUT2D eigenvalue weighted by Crippen LogP contribution is -2.43. The molecule has 1 atom stereocenters. The molecule has 3 nitrogen and oxygen atoms in total. The lowest BCUT2D eigenvalue weighted by Gasteiger charge is -2.28. The average molecular weight is 350 g/mol. The molecule has 0 spiro atoms. The molecule has 0 saturated carbocycles. The van der Waals surface area contributed by atoms with E-state index in [1.54, 1.807) is 24.3 Å². The summed E-state index contributed by atoms with van der Waals surface area (Å²) in [4.78, 5) is 12.9. The van der Waals surface area contributed by atoms with Gasteiger partial charge in [0, 0.05) is 17.8 Å². The molecule has 0 aliphatic carbocycles. The highest BCUT2D eigenvalue weighted by Crippen LogP contribution is 2.35. The second-order valence-corrected chi connectivity index (χ2v) is 6.65. The highest BCUT2D eigenvalue weighted by molar-refractivity contribution is 6.70. The van der Waals surface area contributed by atoms with Gasteiger partial charge in [0.25, 0.3) is 0 Å². The molecule has 0 saturated heterocycles. The van der Waals surface area contributed by atoms with Crippen molar-refractivity contribution in [3.8, 4) is 0 Å². The molecule has 1 unspecified atom stereocenters. The van der Waals surface area contributed by atoms with E-state index in [2.05, 4.69) is 5.32 Å². The van der Waals surface area contributed by atoms with Crippen LogP contribution in [0.1, 0.15) is 0 Å². The minimum atomic E-state index is -1.78. The summed E-state index contributed by atoms with van der Waals surface area (Å²) in [6.07, 6.45) is 0. The second-order valence-electron chi connectivity index (χ2n) is 3.43. The fourth-order valence-corrected chi connectivity index (χ4v) is 1.82. The summed E-state index contributed by atoms with van der Waals surface area (Å²) in [5.41, 5.74) is -0.575. The van der Waals surface area contributed by atoms with Gasteiger partial charge in [-0.05, 0) is 18.2 Å². The quantitative estimate of drug-likeness (QED) is 0.606. The van der Waals surface area contributed by atoms with E-state index in [0.29, 0.717) is 10.7 Å². The van der Waals surface area contributed by atoms with Crippen molar-refractivity contribution in [3.63, 3.8) is 0 Å². The number of nitrogens with zero attached hydrogens (tertiary/aromatic N) is 1. The largest absolute Gasteiger partial charge is 0.322 e. The summed E-state index contributed by atoms with van der Waals surface area (Å²) < 4.78 is -1.78. The van der Waals surface area contributed by atoms with Crippen LogP contribution < -0.4 is 5.32 Å². The first-order valence-corrected chi connectivity index (χ1v) is 6.67. The zero-order valence-corrected chi connectivity index (χ0v) is 12.9. The molecule has 0 bridgehead atoms. The normalized spacial score (nSPS) is 13.0. The third-order valence-electron chi connectivity index (χ3n) is 2.01. The monoisotopic (exact) mass is 348 g/mol. The van der Waals surface area contributed by atoms with Crippen LogP contribution in [0.3, 0.4) is 0 Å². The van der Waals surface area contributed by atoms with Gasteiger partial charge >= 0.3 is 6.03 Å². The topological polar surface area (TPSA) is 32.3 Å². The predicted molar refractivity (Wildman–Crippen MR) is 78.2 cm³/mol. The van der Waals surface area contributed by atoms with Crippen molar-refractivity contribution in [2.24, 2.45) is 0 Å². The van der Waals surface area contributed by atoms with Crippen LogP contribution in [-0.2, 0) is 0 Å². The van der Waals surface area contributed by atoms with Crippen molar-refractivity contribution in [2.75, 3.05) is 12.4 Å².